The molecule has 1 heterocycles. The van der Waals surface area contributed by atoms with E-state index in [0.717, 1.165) is 42.6 Å². The van der Waals surface area contributed by atoms with Crippen molar-refractivity contribution in [2.75, 3.05) is 0 Å². The molecule has 0 spiro atoms. The lowest BCUT2D eigenvalue weighted by atomic mass is 9.67. The van der Waals surface area contributed by atoms with Crippen molar-refractivity contribution in [1.29, 1.82) is 0 Å². The summed E-state index contributed by atoms with van der Waals surface area (Å²) in [7, 11) is 0. The zero-order valence-electron chi connectivity index (χ0n) is 15.4. The Bertz CT molecular complexity index is 712. The van der Waals surface area contributed by atoms with E-state index in [0.29, 0.717) is 11.5 Å². The zero-order valence-corrected chi connectivity index (χ0v) is 15.4. The fourth-order valence-electron chi connectivity index (χ4n) is 4.47. The number of ketones is 1. The van der Waals surface area contributed by atoms with Crippen LogP contribution in [0.2, 0.25) is 0 Å². The molecule has 0 saturated carbocycles. The third-order valence-corrected chi connectivity index (χ3v) is 5.60. The van der Waals surface area contributed by atoms with Gasteiger partial charge < -0.3 is 9.84 Å². The fourth-order valence-corrected chi connectivity index (χ4v) is 4.47. The number of carbonyl (C=O) groups excluding carboxylic acids is 1. The number of aromatic hydroxyl groups is 1. The van der Waals surface area contributed by atoms with Crippen LogP contribution in [0.15, 0.2) is 17.7 Å². The van der Waals surface area contributed by atoms with Gasteiger partial charge in [-0.1, -0.05) is 25.0 Å². The minimum atomic E-state index is -0.275. The van der Waals surface area contributed by atoms with Crippen molar-refractivity contribution in [2.45, 2.75) is 71.8 Å². The van der Waals surface area contributed by atoms with Gasteiger partial charge in [-0.2, -0.15) is 0 Å². The smallest absolute Gasteiger partial charge is 0.163 e. The monoisotopic (exact) mass is 328 g/mol. The predicted octanol–water partition coefficient (Wildman–Crippen LogP) is 5.16. The van der Waals surface area contributed by atoms with Crippen molar-refractivity contribution in [2.24, 2.45) is 5.92 Å². The van der Waals surface area contributed by atoms with Gasteiger partial charge >= 0.3 is 0 Å². The topological polar surface area (TPSA) is 46.5 Å². The van der Waals surface area contributed by atoms with Gasteiger partial charge in [0.25, 0.3) is 0 Å². The number of ether oxygens (including phenoxy) is 1. The first-order chi connectivity index (χ1) is 11.3. The van der Waals surface area contributed by atoms with E-state index in [1.54, 1.807) is 0 Å². The Hall–Kier alpha value is -1.77. The summed E-state index contributed by atoms with van der Waals surface area (Å²) in [6.07, 6.45) is 6.07. The van der Waals surface area contributed by atoms with Gasteiger partial charge in [0.2, 0.25) is 0 Å². The summed E-state index contributed by atoms with van der Waals surface area (Å²) in [5.74, 6) is 1.25. The Morgan fingerprint density at radius 3 is 2.75 bits per heavy atom. The summed E-state index contributed by atoms with van der Waals surface area (Å²) < 4.78 is 6.33. The molecular formula is C21H28O3. The van der Waals surface area contributed by atoms with Gasteiger partial charge in [-0.3, -0.25) is 4.79 Å². The van der Waals surface area contributed by atoms with Crippen molar-refractivity contribution in [3.05, 3.63) is 34.4 Å². The van der Waals surface area contributed by atoms with Crippen LogP contribution in [0.3, 0.4) is 0 Å². The van der Waals surface area contributed by atoms with Gasteiger partial charge in [0.1, 0.15) is 17.1 Å². The highest BCUT2D eigenvalue weighted by molar-refractivity contribution is 5.99. The second-order valence-corrected chi connectivity index (χ2v) is 7.87. The molecule has 2 aliphatic rings. The lowest BCUT2D eigenvalue weighted by Crippen LogP contribution is -2.45. The average Bonchev–Trinajstić information content (AvgIpc) is 2.45. The molecule has 1 aliphatic heterocycles. The number of Topliss-reactive ketones (excluding diaryl/α,β-unsaturated/α-hetero) is 1. The van der Waals surface area contributed by atoms with E-state index >= 15 is 0 Å². The molecule has 1 aromatic rings. The number of allylic oxidation sites excluding steroid dienone is 2. The van der Waals surface area contributed by atoms with Crippen molar-refractivity contribution >= 4 is 5.78 Å². The Morgan fingerprint density at radius 2 is 2.12 bits per heavy atom. The quantitative estimate of drug-likeness (QED) is 0.616. The predicted molar refractivity (Wildman–Crippen MR) is 96.0 cm³/mol. The molecule has 2 atom stereocenters. The second kappa shape index (κ2) is 5.94. The molecule has 0 unspecified atom stereocenters. The van der Waals surface area contributed by atoms with Gasteiger partial charge in [-0.15, -0.1) is 0 Å². The average molecular weight is 328 g/mol. The molecule has 0 saturated heterocycles. The van der Waals surface area contributed by atoms with E-state index in [-0.39, 0.29) is 23.1 Å². The molecule has 1 aromatic carbocycles. The van der Waals surface area contributed by atoms with Crippen LogP contribution < -0.4 is 4.74 Å². The summed E-state index contributed by atoms with van der Waals surface area (Å²) in [4.78, 5) is 12.2. The first-order valence-electron chi connectivity index (χ1n) is 9.02. The molecule has 3 nitrogen and oxygen atoms in total. The first-order valence-corrected chi connectivity index (χ1v) is 9.02. The molecule has 0 aromatic heterocycles. The zero-order chi connectivity index (χ0) is 17.6. The Kier molecular flexibility index (Phi) is 4.23. The van der Waals surface area contributed by atoms with Gasteiger partial charge in [-0.25, -0.2) is 0 Å². The number of hydrogen-bond acceptors (Lipinski definition) is 3. The largest absolute Gasteiger partial charge is 0.507 e. The minimum absolute atomic E-state index is 0.0726. The van der Waals surface area contributed by atoms with Crippen LogP contribution in [0.4, 0.5) is 0 Å². The third kappa shape index (κ3) is 2.64. The van der Waals surface area contributed by atoms with Crippen molar-refractivity contribution in [3.63, 3.8) is 0 Å². The molecule has 0 amide bonds. The SMILES string of the molecule is CCCc1cc2c(c(O)c1C(C)=O)[C@@H]1C=C(C)CC[C@H]1C(C)(C)O2. The van der Waals surface area contributed by atoms with E-state index in [9.17, 15) is 9.90 Å². The van der Waals surface area contributed by atoms with E-state index in [4.69, 9.17) is 4.74 Å². The Morgan fingerprint density at radius 1 is 1.42 bits per heavy atom. The number of phenols is 1. The second-order valence-electron chi connectivity index (χ2n) is 7.87. The van der Waals surface area contributed by atoms with Crippen LogP contribution in [-0.4, -0.2) is 16.5 Å². The van der Waals surface area contributed by atoms with Crippen LogP contribution in [0, 0.1) is 5.92 Å². The van der Waals surface area contributed by atoms with Crippen molar-refractivity contribution in [3.8, 4) is 11.5 Å². The lowest BCUT2D eigenvalue weighted by Gasteiger charge is -2.46. The Labute approximate surface area is 144 Å². The number of carbonyl (C=O) groups is 1. The highest BCUT2D eigenvalue weighted by Gasteiger charge is 2.46. The van der Waals surface area contributed by atoms with E-state index < -0.39 is 0 Å². The van der Waals surface area contributed by atoms with Crippen LogP contribution in [-0.2, 0) is 6.42 Å². The summed E-state index contributed by atoms with van der Waals surface area (Å²) in [5, 5.41) is 11.0. The van der Waals surface area contributed by atoms with Crippen LogP contribution >= 0.6 is 0 Å². The van der Waals surface area contributed by atoms with Gasteiger partial charge in [0.15, 0.2) is 5.78 Å². The minimum Gasteiger partial charge on any atom is -0.507 e. The van der Waals surface area contributed by atoms with Crippen molar-refractivity contribution in [1.82, 2.24) is 0 Å². The van der Waals surface area contributed by atoms with E-state index in [2.05, 4.69) is 33.8 Å². The number of phenolic OH excluding ortho intramolecular Hbond substituents is 1. The molecule has 0 fully saturated rings. The van der Waals surface area contributed by atoms with Crippen LogP contribution in [0.1, 0.15) is 81.3 Å². The first kappa shape index (κ1) is 17.1. The maximum atomic E-state index is 12.2. The molecule has 3 rings (SSSR count). The van der Waals surface area contributed by atoms with Crippen molar-refractivity contribution < 1.29 is 14.6 Å². The van der Waals surface area contributed by atoms with Crippen LogP contribution in [0.25, 0.3) is 0 Å². The number of benzene rings is 1. The van der Waals surface area contributed by atoms with Crippen LogP contribution in [0.5, 0.6) is 11.5 Å². The third-order valence-electron chi connectivity index (χ3n) is 5.60. The number of rotatable bonds is 3. The molecule has 3 heteroatoms. The van der Waals surface area contributed by atoms with E-state index in [1.807, 2.05) is 6.07 Å². The molecular weight excluding hydrogens is 300 g/mol. The summed E-state index contributed by atoms with van der Waals surface area (Å²) in [6.45, 7) is 10.0. The maximum Gasteiger partial charge on any atom is 0.163 e. The fraction of sp³-hybridized carbons (Fsp3) is 0.571. The highest BCUT2D eigenvalue weighted by atomic mass is 16.5. The maximum absolute atomic E-state index is 12.2. The summed E-state index contributed by atoms with van der Waals surface area (Å²) in [6, 6.07) is 1.99. The normalized spacial score (nSPS) is 24.5. The highest BCUT2D eigenvalue weighted by Crippen LogP contribution is 2.54. The Balaban J connectivity index is 2.26. The number of hydrogen-bond donors (Lipinski definition) is 1. The molecule has 0 radical (unpaired) electrons. The van der Waals surface area contributed by atoms with Gasteiger partial charge in [0, 0.05) is 17.4 Å². The summed E-state index contributed by atoms with van der Waals surface area (Å²) >= 11 is 0. The number of aryl methyl sites for hydroxylation is 1. The van der Waals surface area contributed by atoms with Gasteiger partial charge in [0.05, 0.1) is 5.56 Å². The standard InChI is InChI=1S/C21H28O3/c1-6-7-14-11-17-19(20(23)18(14)13(3)22)15-10-12(2)8-9-16(15)21(4,5)24-17/h10-11,15-16,23H,6-9H2,1-5H3/t15-,16-/m1/s1. The molecule has 1 N–H and O–H groups in total. The summed E-state index contributed by atoms with van der Waals surface area (Å²) in [5.41, 5.74) is 3.26. The molecule has 130 valence electrons. The number of fused-ring (bicyclic) bond motifs is 3. The molecule has 24 heavy (non-hydrogen) atoms. The van der Waals surface area contributed by atoms with Gasteiger partial charge in [-0.05, 0) is 58.6 Å². The molecule has 0 bridgehead atoms. The lowest BCUT2D eigenvalue weighted by molar-refractivity contribution is 0.0107. The van der Waals surface area contributed by atoms with E-state index in [1.165, 1.54) is 12.5 Å². The molecule has 1 aliphatic carbocycles.